The van der Waals surface area contributed by atoms with Gasteiger partial charge in [-0.1, -0.05) is 6.07 Å². The molecule has 0 saturated heterocycles. The van der Waals surface area contributed by atoms with Crippen molar-refractivity contribution in [1.29, 1.82) is 0 Å². The zero-order chi connectivity index (χ0) is 11.5. The quantitative estimate of drug-likeness (QED) is 0.848. The van der Waals surface area contributed by atoms with Gasteiger partial charge in [-0.25, -0.2) is 0 Å². The fraction of sp³-hybridized carbons (Fsp3) is 0.571. The van der Waals surface area contributed by atoms with Crippen LogP contribution in [0.1, 0.15) is 30.4 Å². The van der Waals surface area contributed by atoms with E-state index < -0.39 is 0 Å². The van der Waals surface area contributed by atoms with E-state index in [1.807, 2.05) is 0 Å². The molecule has 1 aromatic carbocycles. The average Bonchev–Trinajstić information content (AvgIpc) is 2.71. The molecule has 16 heavy (non-hydrogen) atoms. The van der Waals surface area contributed by atoms with Crippen LogP contribution in [0.25, 0.3) is 0 Å². The Morgan fingerprint density at radius 2 is 2.06 bits per heavy atom. The Hall–Kier alpha value is -1.02. The number of hydrogen-bond acceptors (Lipinski definition) is 2. The third kappa shape index (κ3) is 2.38. The van der Waals surface area contributed by atoms with Crippen molar-refractivity contribution in [1.82, 2.24) is 0 Å². The highest BCUT2D eigenvalue weighted by Crippen LogP contribution is 2.29. The summed E-state index contributed by atoms with van der Waals surface area (Å²) in [6.45, 7) is 4.99. The summed E-state index contributed by atoms with van der Waals surface area (Å²) in [7, 11) is 0. The van der Waals surface area contributed by atoms with Crippen molar-refractivity contribution in [2.75, 3.05) is 6.54 Å². The standard InChI is InChI=1S/C14H21NO/c1-10-6-7-13(8-11(10)2)16-14-5-3-4-12(14)9-15/h6-8,12,14H,3-5,9,15H2,1-2H3. The highest BCUT2D eigenvalue weighted by molar-refractivity contribution is 5.34. The largest absolute Gasteiger partial charge is 0.490 e. The van der Waals surface area contributed by atoms with Gasteiger partial charge in [-0.2, -0.15) is 0 Å². The van der Waals surface area contributed by atoms with E-state index >= 15 is 0 Å². The lowest BCUT2D eigenvalue weighted by Gasteiger charge is -2.20. The van der Waals surface area contributed by atoms with Crippen LogP contribution in [0.2, 0.25) is 0 Å². The summed E-state index contributed by atoms with van der Waals surface area (Å²) in [5.74, 6) is 1.54. The van der Waals surface area contributed by atoms with Gasteiger partial charge in [-0.05, 0) is 62.9 Å². The molecule has 2 N–H and O–H groups in total. The lowest BCUT2D eigenvalue weighted by molar-refractivity contribution is 0.162. The summed E-state index contributed by atoms with van der Waals surface area (Å²) in [5.41, 5.74) is 8.36. The van der Waals surface area contributed by atoms with Gasteiger partial charge in [-0.15, -0.1) is 0 Å². The van der Waals surface area contributed by atoms with E-state index in [2.05, 4.69) is 32.0 Å². The van der Waals surface area contributed by atoms with Gasteiger partial charge < -0.3 is 10.5 Å². The van der Waals surface area contributed by atoms with Crippen LogP contribution in [0, 0.1) is 19.8 Å². The molecule has 0 aliphatic heterocycles. The van der Waals surface area contributed by atoms with E-state index in [9.17, 15) is 0 Å². The van der Waals surface area contributed by atoms with Crippen molar-refractivity contribution < 1.29 is 4.74 Å². The molecule has 1 fully saturated rings. The Morgan fingerprint density at radius 3 is 2.75 bits per heavy atom. The maximum absolute atomic E-state index is 6.03. The van der Waals surface area contributed by atoms with Crippen molar-refractivity contribution in [3.05, 3.63) is 29.3 Å². The van der Waals surface area contributed by atoms with Gasteiger partial charge >= 0.3 is 0 Å². The van der Waals surface area contributed by atoms with Crippen molar-refractivity contribution in [2.45, 2.75) is 39.2 Å². The molecule has 1 aromatic rings. The summed E-state index contributed by atoms with van der Waals surface area (Å²) >= 11 is 0. The Morgan fingerprint density at radius 1 is 1.25 bits per heavy atom. The van der Waals surface area contributed by atoms with Crippen molar-refractivity contribution in [2.24, 2.45) is 11.7 Å². The van der Waals surface area contributed by atoms with Crippen molar-refractivity contribution in [3.63, 3.8) is 0 Å². The van der Waals surface area contributed by atoms with Crippen LogP contribution in [0.15, 0.2) is 18.2 Å². The van der Waals surface area contributed by atoms with Gasteiger partial charge in [0.05, 0.1) is 0 Å². The third-order valence-electron chi connectivity index (χ3n) is 3.66. The molecule has 88 valence electrons. The van der Waals surface area contributed by atoms with E-state index in [1.165, 1.54) is 24.0 Å². The first kappa shape index (κ1) is 11.5. The predicted molar refractivity (Wildman–Crippen MR) is 66.7 cm³/mol. The fourth-order valence-corrected chi connectivity index (χ4v) is 2.39. The summed E-state index contributed by atoms with van der Waals surface area (Å²) in [6.07, 6.45) is 3.94. The Balaban J connectivity index is 2.05. The van der Waals surface area contributed by atoms with Crippen LogP contribution in [0.4, 0.5) is 0 Å². The highest BCUT2D eigenvalue weighted by atomic mass is 16.5. The van der Waals surface area contributed by atoms with Crippen LogP contribution in [-0.4, -0.2) is 12.6 Å². The zero-order valence-electron chi connectivity index (χ0n) is 10.2. The van der Waals surface area contributed by atoms with E-state index in [-0.39, 0.29) is 0 Å². The Labute approximate surface area is 97.8 Å². The molecule has 0 bridgehead atoms. The molecule has 1 aliphatic carbocycles. The van der Waals surface area contributed by atoms with Gasteiger partial charge in [0.2, 0.25) is 0 Å². The molecule has 1 saturated carbocycles. The molecule has 2 atom stereocenters. The van der Waals surface area contributed by atoms with Crippen LogP contribution in [0.5, 0.6) is 5.75 Å². The molecule has 0 spiro atoms. The molecule has 1 aliphatic rings. The maximum Gasteiger partial charge on any atom is 0.120 e. The summed E-state index contributed by atoms with van der Waals surface area (Å²) < 4.78 is 6.03. The second kappa shape index (κ2) is 4.88. The van der Waals surface area contributed by atoms with E-state index in [4.69, 9.17) is 10.5 Å². The summed E-state index contributed by atoms with van der Waals surface area (Å²) in [4.78, 5) is 0. The van der Waals surface area contributed by atoms with Crippen LogP contribution < -0.4 is 10.5 Å². The van der Waals surface area contributed by atoms with Gasteiger partial charge in [0.1, 0.15) is 11.9 Å². The molecule has 0 radical (unpaired) electrons. The van der Waals surface area contributed by atoms with Gasteiger partial charge in [0.25, 0.3) is 0 Å². The van der Waals surface area contributed by atoms with Gasteiger partial charge in [0, 0.05) is 5.92 Å². The number of benzene rings is 1. The minimum atomic E-state index is 0.326. The maximum atomic E-state index is 6.03. The summed E-state index contributed by atoms with van der Waals surface area (Å²) in [6, 6.07) is 6.31. The second-order valence-corrected chi connectivity index (χ2v) is 4.83. The SMILES string of the molecule is Cc1ccc(OC2CCCC2CN)cc1C. The molecule has 2 unspecified atom stereocenters. The first-order valence-corrected chi connectivity index (χ1v) is 6.14. The Bertz CT molecular complexity index is 362. The third-order valence-corrected chi connectivity index (χ3v) is 3.66. The van der Waals surface area contributed by atoms with Crippen LogP contribution >= 0.6 is 0 Å². The predicted octanol–water partition coefficient (Wildman–Crippen LogP) is 2.81. The highest BCUT2D eigenvalue weighted by Gasteiger charge is 2.27. The first-order valence-electron chi connectivity index (χ1n) is 6.14. The first-order chi connectivity index (χ1) is 7.70. The van der Waals surface area contributed by atoms with Gasteiger partial charge in [-0.3, -0.25) is 0 Å². The van der Waals surface area contributed by atoms with Crippen LogP contribution in [-0.2, 0) is 0 Å². The number of aryl methyl sites for hydroxylation is 2. The van der Waals surface area contributed by atoms with E-state index in [1.54, 1.807) is 0 Å². The normalized spacial score (nSPS) is 24.7. The number of rotatable bonds is 3. The molecule has 0 aromatic heterocycles. The molecule has 2 rings (SSSR count). The second-order valence-electron chi connectivity index (χ2n) is 4.83. The minimum Gasteiger partial charge on any atom is -0.490 e. The number of ether oxygens (including phenoxy) is 1. The van der Waals surface area contributed by atoms with Crippen molar-refractivity contribution >= 4 is 0 Å². The lowest BCUT2D eigenvalue weighted by atomic mass is 10.1. The minimum absolute atomic E-state index is 0.326. The number of hydrogen-bond donors (Lipinski definition) is 1. The molecular weight excluding hydrogens is 198 g/mol. The smallest absolute Gasteiger partial charge is 0.120 e. The molecule has 0 amide bonds. The molecule has 2 nitrogen and oxygen atoms in total. The molecule has 0 heterocycles. The number of nitrogens with two attached hydrogens (primary N) is 1. The summed E-state index contributed by atoms with van der Waals surface area (Å²) in [5, 5.41) is 0. The van der Waals surface area contributed by atoms with Crippen molar-refractivity contribution in [3.8, 4) is 5.75 Å². The average molecular weight is 219 g/mol. The molecular formula is C14H21NO. The monoisotopic (exact) mass is 219 g/mol. The van der Waals surface area contributed by atoms with E-state index in [0.717, 1.165) is 18.7 Å². The fourth-order valence-electron chi connectivity index (χ4n) is 2.39. The zero-order valence-corrected chi connectivity index (χ0v) is 10.2. The Kier molecular flexibility index (Phi) is 3.49. The van der Waals surface area contributed by atoms with Crippen LogP contribution in [0.3, 0.4) is 0 Å². The van der Waals surface area contributed by atoms with Gasteiger partial charge in [0.15, 0.2) is 0 Å². The lowest BCUT2D eigenvalue weighted by Crippen LogP contribution is -2.27. The topological polar surface area (TPSA) is 35.2 Å². The van der Waals surface area contributed by atoms with E-state index in [0.29, 0.717) is 12.0 Å². The molecule has 2 heteroatoms.